The molecular weight excluding hydrogens is 276 g/mol. The van der Waals surface area contributed by atoms with Crippen molar-refractivity contribution in [2.75, 3.05) is 18.0 Å². The molecule has 0 unspecified atom stereocenters. The fourth-order valence-corrected chi connectivity index (χ4v) is 3.45. The number of hydrogen-bond donors (Lipinski definition) is 0. The number of anilines is 1. The average Bonchev–Trinajstić information content (AvgIpc) is 3.16. The van der Waals surface area contributed by atoms with Crippen LogP contribution in [-0.2, 0) is 16.9 Å². The van der Waals surface area contributed by atoms with Crippen LogP contribution >= 0.6 is 0 Å². The Bertz CT molecular complexity index is 746. The molecule has 3 heterocycles. The van der Waals surface area contributed by atoms with Crippen LogP contribution in [0.5, 0.6) is 0 Å². The van der Waals surface area contributed by atoms with E-state index in [1.54, 1.807) is 13.1 Å². The lowest BCUT2D eigenvalue weighted by Crippen LogP contribution is -2.42. The standard InChI is InChI=1S/C18H18N2O2/c1-2-5-15-12-19-17(22-15)20-10-8-18(9-11-20)16-7-4-3-6-14(16)13-21-18/h3-4,6-7,12H,8-11,13H2,1H3. The molecule has 112 valence electrons. The van der Waals surface area contributed by atoms with Gasteiger partial charge in [0.1, 0.15) is 0 Å². The minimum Gasteiger partial charge on any atom is -0.415 e. The predicted molar refractivity (Wildman–Crippen MR) is 83.4 cm³/mol. The Balaban J connectivity index is 1.52. The first-order valence-corrected chi connectivity index (χ1v) is 7.67. The van der Waals surface area contributed by atoms with Gasteiger partial charge in [0, 0.05) is 13.1 Å². The van der Waals surface area contributed by atoms with Crippen molar-refractivity contribution in [2.45, 2.75) is 32.0 Å². The van der Waals surface area contributed by atoms with Crippen molar-refractivity contribution in [3.63, 3.8) is 0 Å². The quantitative estimate of drug-likeness (QED) is 0.758. The monoisotopic (exact) mass is 294 g/mol. The van der Waals surface area contributed by atoms with Crippen molar-refractivity contribution in [3.05, 3.63) is 47.3 Å². The van der Waals surface area contributed by atoms with E-state index in [-0.39, 0.29) is 5.60 Å². The lowest BCUT2D eigenvalue weighted by Gasteiger charge is -2.38. The maximum Gasteiger partial charge on any atom is 0.298 e. The lowest BCUT2D eigenvalue weighted by molar-refractivity contribution is -0.0555. The lowest BCUT2D eigenvalue weighted by atomic mass is 9.84. The summed E-state index contributed by atoms with van der Waals surface area (Å²) < 4.78 is 11.9. The van der Waals surface area contributed by atoms with Crippen LogP contribution in [0.15, 0.2) is 34.9 Å². The van der Waals surface area contributed by atoms with Crippen molar-refractivity contribution < 1.29 is 9.15 Å². The van der Waals surface area contributed by atoms with E-state index in [4.69, 9.17) is 9.15 Å². The van der Waals surface area contributed by atoms with E-state index < -0.39 is 0 Å². The van der Waals surface area contributed by atoms with Crippen LogP contribution in [-0.4, -0.2) is 18.1 Å². The first-order valence-electron chi connectivity index (χ1n) is 7.67. The minimum absolute atomic E-state index is 0.119. The average molecular weight is 294 g/mol. The molecule has 4 rings (SSSR count). The third kappa shape index (κ3) is 2.10. The third-order valence-corrected chi connectivity index (χ3v) is 4.60. The van der Waals surface area contributed by atoms with Crippen molar-refractivity contribution in [1.29, 1.82) is 0 Å². The normalized spacial score (nSPS) is 18.9. The Morgan fingerprint density at radius 3 is 2.86 bits per heavy atom. The molecule has 0 amide bonds. The molecule has 22 heavy (non-hydrogen) atoms. The van der Waals surface area contributed by atoms with Gasteiger partial charge < -0.3 is 14.1 Å². The largest absolute Gasteiger partial charge is 0.415 e. The van der Waals surface area contributed by atoms with Crippen LogP contribution in [0.3, 0.4) is 0 Å². The van der Waals surface area contributed by atoms with Gasteiger partial charge in [-0.3, -0.25) is 0 Å². The first kappa shape index (κ1) is 13.4. The second-order valence-corrected chi connectivity index (χ2v) is 5.81. The highest BCUT2D eigenvalue weighted by Gasteiger charge is 2.42. The van der Waals surface area contributed by atoms with Crippen molar-refractivity contribution in [3.8, 4) is 11.8 Å². The van der Waals surface area contributed by atoms with Gasteiger partial charge >= 0.3 is 0 Å². The van der Waals surface area contributed by atoms with Gasteiger partial charge in [-0.05, 0) is 36.8 Å². The number of rotatable bonds is 1. The minimum atomic E-state index is -0.119. The van der Waals surface area contributed by atoms with E-state index in [1.807, 2.05) is 0 Å². The number of benzene rings is 1. The summed E-state index contributed by atoms with van der Waals surface area (Å²) in [7, 11) is 0. The molecule has 0 bridgehead atoms. The van der Waals surface area contributed by atoms with Crippen LogP contribution in [0.1, 0.15) is 36.7 Å². The summed E-state index contributed by atoms with van der Waals surface area (Å²) in [5.74, 6) is 6.35. The topological polar surface area (TPSA) is 38.5 Å². The highest BCUT2D eigenvalue weighted by Crippen LogP contribution is 2.44. The first-order chi connectivity index (χ1) is 10.8. The number of fused-ring (bicyclic) bond motifs is 2. The number of ether oxygens (including phenoxy) is 1. The van der Waals surface area contributed by atoms with Crippen LogP contribution < -0.4 is 4.90 Å². The van der Waals surface area contributed by atoms with Gasteiger partial charge in [-0.2, -0.15) is 0 Å². The molecule has 4 nitrogen and oxygen atoms in total. The second kappa shape index (κ2) is 5.19. The Hall–Kier alpha value is -2.25. The van der Waals surface area contributed by atoms with Crippen LogP contribution in [0.2, 0.25) is 0 Å². The smallest absolute Gasteiger partial charge is 0.298 e. The Kier molecular flexibility index (Phi) is 3.16. The number of piperidine rings is 1. The van der Waals surface area contributed by atoms with E-state index in [2.05, 4.69) is 46.0 Å². The predicted octanol–water partition coefficient (Wildman–Crippen LogP) is 3.07. The molecule has 2 aliphatic heterocycles. The number of oxazole rings is 1. The fraction of sp³-hybridized carbons (Fsp3) is 0.389. The van der Waals surface area contributed by atoms with E-state index in [9.17, 15) is 0 Å². The van der Waals surface area contributed by atoms with Gasteiger partial charge in [-0.15, -0.1) is 0 Å². The number of aromatic nitrogens is 1. The molecule has 0 saturated carbocycles. The Morgan fingerprint density at radius 2 is 2.05 bits per heavy atom. The highest BCUT2D eigenvalue weighted by molar-refractivity contribution is 5.39. The molecule has 2 aromatic rings. The summed E-state index contributed by atoms with van der Waals surface area (Å²) in [5.41, 5.74) is 2.57. The molecule has 1 aromatic heterocycles. The summed E-state index contributed by atoms with van der Waals surface area (Å²) in [6.07, 6.45) is 3.61. The zero-order valence-electron chi connectivity index (χ0n) is 12.6. The maximum absolute atomic E-state index is 6.18. The summed E-state index contributed by atoms with van der Waals surface area (Å²) in [4.78, 5) is 6.51. The summed E-state index contributed by atoms with van der Waals surface area (Å²) in [6.45, 7) is 4.29. The van der Waals surface area contributed by atoms with E-state index in [0.717, 1.165) is 32.5 Å². The van der Waals surface area contributed by atoms with E-state index >= 15 is 0 Å². The zero-order chi connectivity index (χ0) is 15.0. The van der Waals surface area contributed by atoms with Crippen LogP contribution in [0.25, 0.3) is 0 Å². The highest BCUT2D eigenvalue weighted by atomic mass is 16.5. The van der Waals surface area contributed by atoms with E-state index in [1.165, 1.54) is 11.1 Å². The van der Waals surface area contributed by atoms with Gasteiger partial charge in [-0.1, -0.05) is 30.2 Å². The molecule has 2 aliphatic rings. The molecule has 1 aromatic carbocycles. The SMILES string of the molecule is CC#Cc1cnc(N2CCC3(CC2)OCc2ccccc23)o1. The van der Waals surface area contributed by atoms with E-state index in [0.29, 0.717) is 11.8 Å². The van der Waals surface area contributed by atoms with Crippen molar-refractivity contribution in [2.24, 2.45) is 0 Å². The molecule has 4 heteroatoms. The van der Waals surface area contributed by atoms with Crippen LogP contribution in [0, 0.1) is 11.8 Å². The molecule has 0 aliphatic carbocycles. The summed E-state index contributed by atoms with van der Waals surface area (Å²) in [6, 6.07) is 9.22. The molecule has 0 atom stereocenters. The van der Waals surface area contributed by atoms with Gasteiger partial charge in [0.2, 0.25) is 0 Å². The van der Waals surface area contributed by atoms with Gasteiger partial charge in [0.05, 0.1) is 18.4 Å². The molecule has 1 fully saturated rings. The van der Waals surface area contributed by atoms with Crippen LogP contribution in [0.4, 0.5) is 6.01 Å². The third-order valence-electron chi connectivity index (χ3n) is 4.60. The van der Waals surface area contributed by atoms with Gasteiger partial charge in [0.15, 0.2) is 5.76 Å². The van der Waals surface area contributed by atoms with Gasteiger partial charge in [0.25, 0.3) is 6.01 Å². The second-order valence-electron chi connectivity index (χ2n) is 5.81. The Morgan fingerprint density at radius 1 is 1.23 bits per heavy atom. The molecule has 1 spiro atoms. The molecule has 0 radical (unpaired) electrons. The van der Waals surface area contributed by atoms with Gasteiger partial charge in [-0.25, -0.2) is 4.98 Å². The zero-order valence-corrected chi connectivity index (χ0v) is 12.6. The molecule has 0 N–H and O–H groups in total. The van der Waals surface area contributed by atoms with Crippen molar-refractivity contribution in [1.82, 2.24) is 4.98 Å². The molecular formula is C18H18N2O2. The summed E-state index contributed by atoms with van der Waals surface area (Å²) in [5, 5.41) is 0. The number of hydrogen-bond acceptors (Lipinski definition) is 4. The number of nitrogens with zero attached hydrogens (tertiary/aromatic N) is 2. The Labute approximate surface area is 130 Å². The van der Waals surface area contributed by atoms with Crippen molar-refractivity contribution >= 4 is 6.01 Å². The summed E-state index contributed by atoms with van der Waals surface area (Å²) >= 11 is 0. The maximum atomic E-state index is 6.18. The molecule has 1 saturated heterocycles. The fourth-order valence-electron chi connectivity index (χ4n) is 3.45.